The van der Waals surface area contributed by atoms with Crippen molar-refractivity contribution in [2.45, 2.75) is 19.4 Å². The average molecular weight is 386 g/mol. The second-order valence-corrected chi connectivity index (χ2v) is 7.05. The zero-order valence-electron chi connectivity index (χ0n) is 16.5. The summed E-state index contributed by atoms with van der Waals surface area (Å²) in [6.07, 6.45) is 4.10. The number of nitrogens with zero attached hydrogens (tertiary/aromatic N) is 2. The van der Waals surface area contributed by atoms with Crippen molar-refractivity contribution in [1.29, 1.82) is 0 Å². The highest BCUT2D eigenvalue weighted by molar-refractivity contribution is 5.77. The highest BCUT2D eigenvalue weighted by Gasteiger charge is 2.06. The maximum atomic E-state index is 5.79. The van der Waals surface area contributed by atoms with Gasteiger partial charge in [-0.3, -0.25) is 0 Å². The summed E-state index contributed by atoms with van der Waals surface area (Å²) in [6, 6.07) is 22.7. The third kappa shape index (κ3) is 5.50. The molecule has 0 amide bonds. The van der Waals surface area contributed by atoms with Crippen molar-refractivity contribution in [3.8, 4) is 11.4 Å². The molecule has 148 valence electrons. The van der Waals surface area contributed by atoms with Crippen LogP contribution in [0.5, 0.6) is 0 Å². The fourth-order valence-corrected chi connectivity index (χ4v) is 3.29. The SMILES string of the molecule is c1ccc(CCCNCCOCc2cc3cnc(-c4ccccc4)nc3[nH]2)cc1. The monoisotopic (exact) mass is 386 g/mol. The van der Waals surface area contributed by atoms with Gasteiger partial charge in [0.15, 0.2) is 5.82 Å². The number of benzene rings is 2. The Hall–Kier alpha value is -3.02. The van der Waals surface area contributed by atoms with Gasteiger partial charge in [-0.15, -0.1) is 0 Å². The summed E-state index contributed by atoms with van der Waals surface area (Å²) in [6.45, 7) is 3.08. The minimum absolute atomic E-state index is 0.544. The predicted octanol–water partition coefficient (Wildman–Crippen LogP) is 4.36. The van der Waals surface area contributed by atoms with Crippen LogP contribution in [0.3, 0.4) is 0 Å². The first-order valence-electron chi connectivity index (χ1n) is 10.1. The molecule has 4 aromatic rings. The molecule has 29 heavy (non-hydrogen) atoms. The predicted molar refractivity (Wildman–Crippen MR) is 117 cm³/mol. The molecule has 0 saturated carbocycles. The van der Waals surface area contributed by atoms with Crippen LogP contribution < -0.4 is 5.32 Å². The van der Waals surface area contributed by atoms with Gasteiger partial charge in [0, 0.05) is 29.4 Å². The van der Waals surface area contributed by atoms with E-state index in [9.17, 15) is 0 Å². The molecule has 2 heterocycles. The molecule has 0 unspecified atom stereocenters. The van der Waals surface area contributed by atoms with Crippen molar-refractivity contribution in [3.05, 3.63) is 84.2 Å². The normalized spacial score (nSPS) is 11.2. The lowest BCUT2D eigenvalue weighted by Crippen LogP contribution is -2.21. The number of aryl methyl sites for hydroxylation is 1. The fourth-order valence-electron chi connectivity index (χ4n) is 3.29. The molecule has 0 aliphatic heterocycles. The van der Waals surface area contributed by atoms with Gasteiger partial charge >= 0.3 is 0 Å². The number of fused-ring (bicyclic) bond motifs is 1. The zero-order chi connectivity index (χ0) is 19.7. The van der Waals surface area contributed by atoms with Crippen LogP contribution in [-0.4, -0.2) is 34.6 Å². The molecule has 2 aromatic carbocycles. The highest BCUT2D eigenvalue weighted by atomic mass is 16.5. The van der Waals surface area contributed by atoms with E-state index < -0.39 is 0 Å². The molecule has 5 heteroatoms. The molecule has 2 aromatic heterocycles. The number of nitrogens with one attached hydrogen (secondary N) is 2. The summed E-state index contributed by atoms with van der Waals surface area (Å²) >= 11 is 0. The lowest BCUT2D eigenvalue weighted by molar-refractivity contribution is 0.120. The van der Waals surface area contributed by atoms with E-state index in [1.807, 2.05) is 36.5 Å². The van der Waals surface area contributed by atoms with Gasteiger partial charge in [0.05, 0.1) is 13.2 Å². The maximum Gasteiger partial charge on any atom is 0.161 e. The Bertz CT molecular complexity index is 1010. The lowest BCUT2D eigenvalue weighted by atomic mass is 10.1. The molecule has 0 spiro atoms. The second kappa shape index (κ2) is 9.96. The summed E-state index contributed by atoms with van der Waals surface area (Å²) in [5.41, 5.74) is 4.27. The van der Waals surface area contributed by atoms with E-state index >= 15 is 0 Å². The van der Waals surface area contributed by atoms with Crippen molar-refractivity contribution in [2.75, 3.05) is 19.7 Å². The molecule has 2 N–H and O–H groups in total. The van der Waals surface area contributed by atoms with Gasteiger partial charge in [0.1, 0.15) is 5.65 Å². The van der Waals surface area contributed by atoms with Gasteiger partial charge in [0.25, 0.3) is 0 Å². The van der Waals surface area contributed by atoms with Gasteiger partial charge in [-0.2, -0.15) is 0 Å². The van der Waals surface area contributed by atoms with E-state index in [0.717, 1.165) is 54.0 Å². The van der Waals surface area contributed by atoms with Crippen LogP contribution in [0, 0.1) is 0 Å². The molecule has 0 saturated heterocycles. The highest BCUT2D eigenvalue weighted by Crippen LogP contribution is 2.18. The Balaban J connectivity index is 1.18. The van der Waals surface area contributed by atoms with Crippen molar-refractivity contribution in [2.24, 2.45) is 0 Å². The number of H-pyrrole nitrogens is 1. The van der Waals surface area contributed by atoms with E-state index in [4.69, 9.17) is 4.74 Å². The third-order valence-electron chi connectivity index (χ3n) is 4.80. The minimum atomic E-state index is 0.544. The van der Waals surface area contributed by atoms with E-state index in [1.165, 1.54) is 5.56 Å². The van der Waals surface area contributed by atoms with Crippen LogP contribution in [-0.2, 0) is 17.8 Å². The number of hydrogen-bond acceptors (Lipinski definition) is 4. The number of aromatic amines is 1. The van der Waals surface area contributed by atoms with Crippen LogP contribution in [0.4, 0.5) is 0 Å². The molecular formula is C24H26N4O. The number of aromatic nitrogens is 3. The van der Waals surface area contributed by atoms with E-state index in [1.54, 1.807) is 0 Å². The summed E-state index contributed by atoms with van der Waals surface area (Å²) in [4.78, 5) is 12.4. The number of hydrogen-bond donors (Lipinski definition) is 2. The average Bonchev–Trinajstić information content (AvgIpc) is 3.19. The molecule has 0 aliphatic carbocycles. The smallest absolute Gasteiger partial charge is 0.161 e. The van der Waals surface area contributed by atoms with Crippen LogP contribution in [0.1, 0.15) is 17.7 Å². The van der Waals surface area contributed by atoms with Gasteiger partial charge in [-0.25, -0.2) is 9.97 Å². The maximum absolute atomic E-state index is 5.79. The van der Waals surface area contributed by atoms with Crippen molar-refractivity contribution in [1.82, 2.24) is 20.3 Å². The molecule has 0 radical (unpaired) electrons. The fraction of sp³-hybridized carbons (Fsp3) is 0.250. The van der Waals surface area contributed by atoms with Crippen molar-refractivity contribution < 1.29 is 4.74 Å². The van der Waals surface area contributed by atoms with Gasteiger partial charge < -0.3 is 15.0 Å². The summed E-state index contributed by atoms with van der Waals surface area (Å²) in [7, 11) is 0. The summed E-state index contributed by atoms with van der Waals surface area (Å²) in [5, 5.41) is 4.44. The molecule has 0 atom stereocenters. The van der Waals surface area contributed by atoms with Gasteiger partial charge in [0.2, 0.25) is 0 Å². The Kier molecular flexibility index (Phi) is 6.63. The Morgan fingerprint density at radius 3 is 2.55 bits per heavy atom. The summed E-state index contributed by atoms with van der Waals surface area (Å²) in [5.74, 6) is 0.729. The topological polar surface area (TPSA) is 62.8 Å². The Labute approximate surface area is 171 Å². The first-order chi connectivity index (χ1) is 14.4. The van der Waals surface area contributed by atoms with E-state index in [-0.39, 0.29) is 0 Å². The van der Waals surface area contributed by atoms with Gasteiger partial charge in [-0.1, -0.05) is 60.7 Å². The summed E-state index contributed by atoms with van der Waals surface area (Å²) < 4.78 is 5.79. The zero-order valence-corrected chi connectivity index (χ0v) is 16.5. The first kappa shape index (κ1) is 19.3. The Morgan fingerprint density at radius 2 is 1.72 bits per heavy atom. The number of ether oxygens (including phenoxy) is 1. The van der Waals surface area contributed by atoms with Crippen molar-refractivity contribution >= 4 is 11.0 Å². The Morgan fingerprint density at radius 1 is 0.931 bits per heavy atom. The van der Waals surface area contributed by atoms with E-state index in [2.05, 4.69) is 56.7 Å². The molecule has 0 fully saturated rings. The molecule has 0 bridgehead atoms. The second-order valence-electron chi connectivity index (χ2n) is 7.05. The largest absolute Gasteiger partial charge is 0.374 e. The molecule has 5 nitrogen and oxygen atoms in total. The number of rotatable bonds is 10. The molecule has 4 rings (SSSR count). The van der Waals surface area contributed by atoms with Crippen LogP contribution in [0.2, 0.25) is 0 Å². The van der Waals surface area contributed by atoms with Crippen molar-refractivity contribution in [3.63, 3.8) is 0 Å². The van der Waals surface area contributed by atoms with E-state index in [0.29, 0.717) is 13.2 Å². The molecule has 0 aliphatic rings. The quantitative estimate of drug-likeness (QED) is 0.398. The standard InChI is InChI=1S/C24H26N4O/c1-3-8-19(9-4-1)10-7-13-25-14-15-29-18-22-16-21-17-26-23(28-24(21)27-22)20-11-5-2-6-12-20/h1-6,8-9,11-12,16-17,25H,7,10,13-15,18H2,(H,26,27,28). The minimum Gasteiger partial charge on any atom is -0.374 e. The first-order valence-corrected chi connectivity index (χ1v) is 10.1. The van der Waals surface area contributed by atoms with Crippen LogP contribution in [0.15, 0.2) is 72.9 Å². The third-order valence-corrected chi connectivity index (χ3v) is 4.80. The van der Waals surface area contributed by atoms with Crippen LogP contribution in [0.25, 0.3) is 22.4 Å². The van der Waals surface area contributed by atoms with Gasteiger partial charge in [-0.05, 0) is 31.0 Å². The van der Waals surface area contributed by atoms with Crippen LogP contribution >= 0.6 is 0 Å². The lowest BCUT2D eigenvalue weighted by Gasteiger charge is -2.06. The molecular weight excluding hydrogens is 360 g/mol.